The Morgan fingerprint density at radius 3 is 2.43 bits per heavy atom. The summed E-state index contributed by atoms with van der Waals surface area (Å²) in [6.07, 6.45) is 0.805. The number of carbonyl (C=O) groups excluding carboxylic acids is 1. The maximum absolute atomic E-state index is 12.3. The number of benzene rings is 1. The van der Waals surface area contributed by atoms with E-state index in [0.29, 0.717) is 13.0 Å². The van der Waals surface area contributed by atoms with Crippen LogP contribution < -0.4 is 4.90 Å². The van der Waals surface area contributed by atoms with Crippen molar-refractivity contribution in [2.24, 2.45) is 5.41 Å². The van der Waals surface area contributed by atoms with Gasteiger partial charge in [0.2, 0.25) is 0 Å². The second-order valence-electron chi connectivity index (χ2n) is 7.66. The summed E-state index contributed by atoms with van der Waals surface area (Å²) in [5, 5.41) is 9.33. The van der Waals surface area contributed by atoms with Crippen LogP contribution in [0.4, 0.5) is 10.5 Å². The van der Waals surface area contributed by atoms with Crippen molar-refractivity contribution in [2.75, 3.05) is 11.4 Å². The van der Waals surface area contributed by atoms with Crippen LogP contribution in [0.1, 0.15) is 45.7 Å². The zero-order chi connectivity index (χ0) is 17.4. The van der Waals surface area contributed by atoms with Crippen molar-refractivity contribution < 1.29 is 19.4 Å². The van der Waals surface area contributed by atoms with Crippen molar-refractivity contribution in [1.82, 2.24) is 0 Å². The molecule has 5 heteroatoms. The molecule has 0 fully saturated rings. The summed E-state index contributed by atoms with van der Waals surface area (Å²) in [5.41, 5.74) is 1.49. The lowest BCUT2D eigenvalue weighted by Crippen LogP contribution is -2.35. The number of hydrogen-bond donors (Lipinski definition) is 1. The molecule has 23 heavy (non-hydrogen) atoms. The zero-order valence-corrected chi connectivity index (χ0v) is 14.5. The number of carboxylic acids is 1. The molecule has 1 amide bonds. The Hall–Kier alpha value is -2.04. The van der Waals surface area contributed by atoms with Gasteiger partial charge < -0.3 is 9.84 Å². The zero-order valence-electron chi connectivity index (χ0n) is 14.5. The van der Waals surface area contributed by atoms with Crippen LogP contribution in [0, 0.1) is 5.41 Å². The summed E-state index contributed by atoms with van der Waals surface area (Å²) in [6, 6.07) is 5.71. The van der Waals surface area contributed by atoms with E-state index < -0.39 is 17.0 Å². The van der Waals surface area contributed by atoms with Crippen LogP contribution in [0.2, 0.25) is 0 Å². The summed E-state index contributed by atoms with van der Waals surface area (Å²) in [5.74, 6) is -0.822. The van der Waals surface area contributed by atoms with Crippen molar-refractivity contribution in [1.29, 1.82) is 0 Å². The number of amides is 1. The first-order valence-electron chi connectivity index (χ1n) is 7.86. The van der Waals surface area contributed by atoms with Crippen LogP contribution in [0.3, 0.4) is 0 Å². The van der Waals surface area contributed by atoms with Gasteiger partial charge in [0.1, 0.15) is 5.60 Å². The minimum Gasteiger partial charge on any atom is -0.481 e. The van der Waals surface area contributed by atoms with E-state index in [0.717, 1.165) is 23.2 Å². The monoisotopic (exact) mass is 319 g/mol. The molecule has 1 aromatic carbocycles. The van der Waals surface area contributed by atoms with Crippen molar-refractivity contribution in [3.05, 3.63) is 29.3 Å². The molecule has 0 saturated carbocycles. The van der Waals surface area contributed by atoms with Crippen LogP contribution in [-0.2, 0) is 22.4 Å². The van der Waals surface area contributed by atoms with Gasteiger partial charge in [0.25, 0.3) is 0 Å². The lowest BCUT2D eigenvalue weighted by Gasteiger charge is -2.25. The molecule has 0 saturated heterocycles. The molecule has 1 heterocycles. The van der Waals surface area contributed by atoms with Crippen LogP contribution in [0.5, 0.6) is 0 Å². The van der Waals surface area contributed by atoms with Gasteiger partial charge >= 0.3 is 12.1 Å². The smallest absolute Gasteiger partial charge is 0.414 e. The fourth-order valence-electron chi connectivity index (χ4n) is 2.73. The standard InChI is InChI=1S/C18H25NO4/c1-17(2,3)23-16(22)19-10-9-13-12(7-6-8-14(13)19)11-18(4,5)15(20)21/h6-8H,9-11H2,1-5H3,(H,20,21). The molecule has 5 nitrogen and oxygen atoms in total. The van der Waals surface area contributed by atoms with E-state index in [1.54, 1.807) is 18.7 Å². The topological polar surface area (TPSA) is 66.8 Å². The Bertz CT molecular complexity index is 628. The number of ether oxygens (including phenoxy) is 1. The fraction of sp³-hybridized carbons (Fsp3) is 0.556. The highest BCUT2D eigenvalue weighted by Crippen LogP contribution is 2.35. The summed E-state index contributed by atoms with van der Waals surface area (Å²) >= 11 is 0. The molecule has 0 unspecified atom stereocenters. The highest BCUT2D eigenvalue weighted by Gasteiger charge is 2.33. The minimum atomic E-state index is -0.839. The molecule has 0 aromatic heterocycles. The molecule has 0 aliphatic carbocycles. The average molecular weight is 319 g/mol. The van der Waals surface area contributed by atoms with Gasteiger partial charge in [0.05, 0.1) is 11.1 Å². The number of fused-ring (bicyclic) bond motifs is 1. The van der Waals surface area contributed by atoms with Gasteiger partial charge in [-0.3, -0.25) is 9.69 Å². The highest BCUT2D eigenvalue weighted by atomic mass is 16.6. The molecule has 0 bridgehead atoms. The summed E-state index contributed by atoms with van der Waals surface area (Å²) in [6.45, 7) is 9.52. The predicted molar refractivity (Wildman–Crippen MR) is 88.8 cm³/mol. The van der Waals surface area contributed by atoms with E-state index in [9.17, 15) is 14.7 Å². The number of carboxylic acid groups (broad SMARTS) is 1. The summed E-state index contributed by atoms with van der Waals surface area (Å²) < 4.78 is 5.45. The largest absolute Gasteiger partial charge is 0.481 e. The van der Waals surface area contributed by atoms with Crippen molar-refractivity contribution >= 4 is 17.7 Å². The Labute approximate surface area is 137 Å². The molecule has 2 rings (SSSR count). The lowest BCUT2D eigenvalue weighted by atomic mass is 9.84. The van der Waals surface area contributed by atoms with Crippen molar-refractivity contribution in [3.8, 4) is 0 Å². The fourth-order valence-corrected chi connectivity index (χ4v) is 2.73. The first kappa shape index (κ1) is 17.3. The molecule has 126 valence electrons. The van der Waals surface area contributed by atoms with E-state index in [-0.39, 0.29) is 6.09 Å². The number of carbonyl (C=O) groups is 2. The lowest BCUT2D eigenvalue weighted by molar-refractivity contribution is -0.146. The number of aliphatic carboxylic acids is 1. The third kappa shape index (κ3) is 3.84. The van der Waals surface area contributed by atoms with E-state index in [2.05, 4.69) is 0 Å². The predicted octanol–water partition coefficient (Wildman–Crippen LogP) is 3.64. The first-order chi connectivity index (χ1) is 10.5. The molecule has 0 atom stereocenters. The SMILES string of the molecule is CC(C)(C)OC(=O)N1CCc2c(CC(C)(C)C(=O)O)cccc21. The van der Waals surface area contributed by atoms with Crippen molar-refractivity contribution in [3.63, 3.8) is 0 Å². The number of anilines is 1. The Balaban J connectivity index is 2.27. The quantitative estimate of drug-likeness (QED) is 0.923. The summed E-state index contributed by atoms with van der Waals surface area (Å²) in [4.78, 5) is 25.3. The maximum atomic E-state index is 12.3. The number of nitrogens with zero attached hydrogens (tertiary/aromatic N) is 1. The van der Waals surface area contributed by atoms with Gasteiger partial charge in [0, 0.05) is 6.54 Å². The molecular formula is C18H25NO4. The first-order valence-corrected chi connectivity index (χ1v) is 7.86. The normalized spacial score (nSPS) is 14.6. The Morgan fingerprint density at radius 2 is 1.87 bits per heavy atom. The maximum Gasteiger partial charge on any atom is 0.414 e. The average Bonchev–Trinajstić information content (AvgIpc) is 2.81. The third-order valence-electron chi connectivity index (χ3n) is 3.95. The van der Waals surface area contributed by atoms with Crippen LogP contribution in [-0.4, -0.2) is 29.3 Å². The van der Waals surface area contributed by atoms with Crippen LogP contribution in [0.15, 0.2) is 18.2 Å². The molecular weight excluding hydrogens is 294 g/mol. The van der Waals surface area contributed by atoms with Gasteiger partial charge in [-0.2, -0.15) is 0 Å². The van der Waals surface area contributed by atoms with Gasteiger partial charge in [-0.15, -0.1) is 0 Å². The number of hydrogen-bond acceptors (Lipinski definition) is 3. The highest BCUT2D eigenvalue weighted by molar-refractivity contribution is 5.91. The van der Waals surface area contributed by atoms with E-state index in [1.165, 1.54) is 0 Å². The Kier molecular flexibility index (Phi) is 4.42. The van der Waals surface area contributed by atoms with E-state index in [1.807, 2.05) is 39.0 Å². The minimum absolute atomic E-state index is 0.356. The second-order valence-corrected chi connectivity index (χ2v) is 7.66. The van der Waals surface area contributed by atoms with Gasteiger partial charge in [-0.1, -0.05) is 12.1 Å². The summed E-state index contributed by atoms with van der Waals surface area (Å²) in [7, 11) is 0. The third-order valence-corrected chi connectivity index (χ3v) is 3.95. The molecule has 1 aliphatic heterocycles. The van der Waals surface area contributed by atoms with Gasteiger partial charge in [-0.25, -0.2) is 4.79 Å². The molecule has 0 spiro atoms. The Morgan fingerprint density at radius 1 is 1.22 bits per heavy atom. The molecule has 1 N–H and O–H groups in total. The molecule has 1 aromatic rings. The molecule has 0 radical (unpaired) electrons. The van der Waals surface area contributed by atoms with Crippen LogP contribution in [0.25, 0.3) is 0 Å². The van der Waals surface area contributed by atoms with E-state index >= 15 is 0 Å². The van der Waals surface area contributed by atoms with E-state index in [4.69, 9.17) is 4.74 Å². The van der Waals surface area contributed by atoms with Crippen molar-refractivity contribution in [2.45, 2.75) is 53.1 Å². The molecule has 1 aliphatic rings. The number of rotatable bonds is 3. The second kappa shape index (κ2) is 5.87. The van der Waals surface area contributed by atoms with Crippen LogP contribution >= 0.6 is 0 Å². The van der Waals surface area contributed by atoms with Gasteiger partial charge in [0.15, 0.2) is 0 Å². The van der Waals surface area contributed by atoms with Gasteiger partial charge in [-0.05, 0) is 64.7 Å².